The maximum absolute atomic E-state index is 13.2. The lowest BCUT2D eigenvalue weighted by atomic mass is 9.69. The van der Waals surface area contributed by atoms with Crippen molar-refractivity contribution in [3.05, 3.63) is 35.9 Å². The fourth-order valence-corrected chi connectivity index (χ4v) is 6.37. The fourth-order valence-electron chi connectivity index (χ4n) is 6.37. The van der Waals surface area contributed by atoms with Gasteiger partial charge in [0.05, 0.1) is 12.1 Å². The first-order valence-corrected chi connectivity index (χ1v) is 13.0. The van der Waals surface area contributed by atoms with Crippen LogP contribution in [0.25, 0.3) is 0 Å². The molecule has 2 aliphatic heterocycles. The third kappa shape index (κ3) is 5.29. The first-order valence-electron chi connectivity index (χ1n) is 13.0. The largest absolute Gasteiger partial charge is 0.387 e. The molecule has 0 spiro atoms. The van der Waals surface area contributed by atoms with Crippen molar-refractivity contribution < 1.29 is 14.7 Å². The van der Waals surface area contributed by atoms with E-state index in [2.05, 4.69) is 19.1 Å². The SMILES string of the molecule is CC(CC1CCCCC1)C(=O)N1CCC(O)(CN2CC(c3ccccc3)CC2=O)C(C)(C)C1. The quantitative estimate of drug-likeness (QED) is 0.683. The molecule has 1 saturated carbocycles. The van der Waals surface area contributed by atoms with Gasteiger partial charge in [-0.1, -0.05) is 83.2 Å². The summed E-state index contributed by atoms with van der Waals surface area (Å²) in [6.45, 7) is 8.29. The molecule has 5 heteroatoms. The van der Waals surface area contributed by atoms with Gasteiger partial charge in [-0.05, 0) is 24.3 Å². The molecule has 1 aromatic rings. The van der Waals surface area contributed by atoms with Crippen LogP contribution in [0.2, 0.25) is 0 Å². The first kappa shape index (κ1) is 24.3. The molecule has 33 heavy (non-hydrogen) atoms. The summed E-state index contributed by atoms with van der Waals surface area (Å²) < 4.78 is 0. The second-order valence-electron chi connectivity index (χ2n) is 11.7. The zero-order valence-corrected chi connectivity index (χ0v) is 20.8. The molecule has 2 heterocycles. The molecule has 0 bridgehead atoms. The number of nitrogens with zero attached hydrogens (tertiary/aromatic N) is 2. The number of likely N-dealkylation sites (tertiary alicyclic amines) is 2. The predicted molar refractivity (Wildman–Crippen MR) is 131 cm³/mol. The molecule has 0 aromatic heterocycles. The van der Waals surface area contributed by atoms with Crippen LogP contribution >= 0.6 is 0 Å². The normalized spacial score (nSPS) is 29.3. The number of carbonyl (C=O) groups is 2. The number of amides is 2. The maximum Gasteiger partial charge on any atom is 0.225 e. The molecule has 0 radical (unpaired) electrons. The number of piperidine rings is 1. The average Bonchev–Trinajstić information content (AvgIpc) is 3.16. The Labute approximate surface area is 199 Å². The molecule has 3 unspecified atom stereocenters. The van der Waals surface area contributed by atoms with Gasteiger partial charge in [-0.2, -0.15) is 0 Å². The molecule has 1 N–H and O–H groups in total. The molecule has 3 fully saturated rings. The molecule has 2 saturated heterocycles. The van der Waals surface area contributed by atoms with E-state index in [-0.39, 0.29) is 23.7 Å². The van der Waals surface area contributed by atoms with Crippen LogP contribution in [0.1, 0.15) is 83.6 Å². The van der Waals surface area contributed by atoms with E-state index in [0.717, 1.165) is 6.42 Å². The van der Waals surface area contributed by atoms with E-state index >= 15 is 0 Å². The Morgan fingerprint density at radius 1 is 1.15 bits per heavy atom. The maximum atomic E-state index is 13.2. The van der Waals surface area contributed by atoms with Gasteiger partial charge in [0, 0.05) is 43.3 Å². The lowest BCUT2D eigenvalue weighted by Gasteiger charge is -2.51. The van der Waals surface area contributed by atoms with Gasteiger partial charge in [0.25, 0.3) is 0 Å². The van der Waals surface area contributed by atoms with Crippen molar-refractivity contribution in [3.8, 4) is 0 Å². The summed E-state index contributed by atoms with van der Waals surface area (Å²) in [6, 6.07) is 10.2. The summed E-state index contributed by atoms with van der Waals surface area (Å²) in [5, 5.41) is 11.7. The lowest BCUT2D eigenvalue weighted by Crippen LogP contribution is -2.63. The van der Waals surface area contributed by atoms with Gasteiger partial charge in [-0.15, -0.1) is 0 Å². The molecule has 1 aliphatic carbocycles. The first-order chi connectivity index (χ1) is 15.7. The number of hydrogen-bond acceptors (Lipinski definition) is 3. The molecule has 5 nitrogen and oxygen atoms in total. The molecular weight excluding hydrogens is 412 g/mol. The van der Waals surface area contributed by atoms with E-state index in [1.54, 1.807) is 0 Å². The summed E-state index contributed by atoms with van der Waals surface area (Å²) in [5.74, 6) is 1.27. The van der Waals surface area contributed by atoms with Gasteiger partial charge in [-0.3, -0.25) is 9.59 Å². The molecule has 4 rings (SSSR count). The van der Waals surface area contributed by atoms with E-state index in [4.69, 9.17) is 0 Å². The zero-order valence-electron chi connectivity index (χ0n) is 20.8. The van der Waals surface area contributed by atoms with E-state index in [1.165, 1.54) is 37.7 Å². The van der Waals surface area contributed by atoms with E-state index < -0.39 is 11.0 Å². The van der Waals surface area contributed by atoms with Gasteiger partial charge in [0.2, 0.25) is 11.8 Å². The van der Waals surface area contributed by atoms with Crippen LogP contribution in [-0.2, 0) is 9.59 Å². The van der Waals surface area contributed by atoms with Crippen molar-refractivity contribution in [2.45, 2.75) is 83.7 Å². The van der Waals surface area contributed by atoms with Crippen molar-refractivity contribution in [2.75, 3.05) is 26.2 Å². The van der Waals surface area contributed by atoms with Crippen LogP contribution in [0.4, 0.5) is 0 Å². The highest BCUT2D eigenvalue weighted by Gasteiger charge is 2.51. The zero-order chi connectivity index (χ0) is 23.6. The Bertz CT molecular complexity index is 833. The highest BCUT2D eigenvalue weighted by atomic mass is 16.3. The van der Waals surface area contributed by atoms with Crippen LogP contribution in [0.3, 0.4) is 0 Å². The van der Waals surface area contributed by atoms with E-state index in [0.29, 0.717) is 44.9 Å². The predicted octanol–water partition coefficient (Wildman–Crippen LogP) is 4.60. The number of aliphatic hydroxyl groups is 1. The van der Waals surface area contributed by atoms with Gasteiger partial charge in [0.1, 0.15) is 0 Å². The van der Waals surface area contributed by atoms with Crippen molar-refractivity contribution >= 4 is 11.8 Å². The molecule has 3 aliphatic rings. The third-order valence-electron chi connectivity index (χ3n) is 8.72. The summed E-state index contributed by atoms with van der Waals surface area (Å²) in [4.78, 5) is 29.9. The summed E-state index contributed by atoms with van der Waals surface area (Å²) in [5.41, 5.74) is -0.277. The Balaban J connectivity index is 1.36. The van der Waals surface area contributed by atoms with Crippen LogP contribution in [0, 0.1) is 17.3 Å². The molecule has 3 atom stereocenters. The fraction of sp³-hybridized carbons (Fsp3) is 0.714. The number of rotatable bonds is 6. The van der Waals surface area contributed by atoms with Gasteiger partial charge in [-0.25, -0.2) is 0 Å². The number of benzene rings is 1. The Morgan fingerprint density at radius 3 is 2.52 bits per heavy atom. The minimum Gasteiger partial charge on any atom is -0.387 e. The van der Waals surface area contributed by atoms with Crippen LogP contribution < -0.4 is 0 Å². The summed E-state index contributed by atoms with van der Waals surface area (Å²) >= 11 is 0. The number of hydrogen-bond donors (Lipinski definition) is 1. The Morgan fingerprint density at radius 2 is 1.85 bits per heavy atom. The van der Waals surface area contributed by atoms with E-state index in [1.807, 2.05) is 41.8 Å². The van der Waals surface area contributed by atoms with Crippen molar-refractivity contribution in [3.63, 3.8) is 0 Å². The molecule has 1 aromatic carbocycles. The van der Waals surface area contributed by atoms with Crippen molar-refractivity contribution in [1.82, 2.24) is 9.80 Å². The van der Waals surface area contributed by atoms with Gasteiger partial charge < -0.3 is 14.9 Å². The van der Waals surface area contributed by atoms with Gasteiger partial charge >= 0.3 is 0 Å². The average molecular weight is 455 g/mol. The highest BCUT2D eigenvalue weighted by Crippen LogP contribution is 2.41. The second kappa shape index (κ2) is 9.77. The minimum absolute atomic E-state index is 0.0434. The van der Waals surface area contributed by atoms with Crippen LogP contribution in [0.15, 0.2) is 30.3 Å². The van der Waals surface area contributed by atoms with Gasteiger partial charge in [0.15, 0.2) is 0 Å². The standard InChI is InChI=1S/C28H42N2O3/c1-21(16-22-10-6-4-7-11-22)26(32)29-15-14-28(33,27(2,3)19-29)20-30-18-24(17-25(30)31)23-12-8-5-9-13-23/h5,8-9,12-13,21-22,24,33H,4,6-7,10-11,14-20H2,1-3H3. The van der Waals surface area contributed by atoms with E-state index in [9.17, 15) is 14.7 Å². The third-order valence-corrected chi connectivity index (χ3v) is 8.72. The minimum atomic E-state index is -0.988. The van der Waals surface area contributed by atoms with Crippen molar-refractivity contribution in [1.29, 1.82) is 0 Å². The number of β-amino-alcohol motifs (C(OH)–C–C–N with tert-alkyl or cyclic N) is 1. The van der Waals surface area contributed by atoms with Crippen LogP contribution in [-0.4, -0.2) is 58.5 Å². The Hall–Kier alpha value is -1.88. The molecule has 2 amide bonds. The summed E-state index contributed by atoms with van der Waals surface area (Å²) in [6.07, 6.45) is 8.47. The van der Waals surface area contributed by atoms with Crippen molar-refractivity contribution in [2.24, 2.45) is 17.3 Å². The summed E-state index contributed by atoms with van der Waals surface area (Å²) in [7, 11) is 0. The lowest BCUT2D eigenvalue weighted by molar-refractivity contribution is -0.161. The highest BCUT2D eigenvalue weighted by molar-refractivity contribution is 5.80. The topological polar surface area (TPSA) is 60.9 Å². The van der Waals surface area contributed by atoms with Crippen LogP contribution in [0.5, 0.6) is 0 Å². The smallest absolute Gasteiger partial charge is 0.225 e. The molecular formula is C28H42N2O3. The monoisotopic (exact) mass is 454 g/mol. The Kier molecular flexibility index (Phi) is 7.18. The second-order valence-corrected chi connectivity index (χ2v) is 11.7. The number of carbonyl (C=O) groups excluding carboxylic acids is 2. The molecule has 182 valence electrons.